The van der Waals surface area contributed by atoms with Crippen LogP contribution in [0, 0.1) is 12.3 Å². The van der Waals surface area contributed by atoms with Crippen molar-refractivity contribution < 1.29 is 9.59 Å². The quantitative estimate of drug-likeness (QED) is 0.715. The smallest absolute Gasteiger partial charge is 0.224 e. The largest absolute Gasteiger partial charge is 0.355 e. The lowest BCUT2D eigenvalue weighted by Gasteiger charge is -2.05. The second kappa shape index (κ2) is 7.91. The van der Waals surface area contributed by atoms with Crippen LogP contribution in [0.25, 0.3) is 0 Å². The van der Waals surface area contributed by atoms with Crippen LogP contribution in [-0.2, 0) is 16.0 Å². The summed E-state index contributed by atoms with van der Waals surface area (Å²) in [5.41, 5.74) is 0.951. The van der Waals surface area contributed by atoms with Gasteiger partial charge >= 0.3 is 0 Å². The molecule has 18 heavy (non-hydrogen) atoms. The first kappa shape index (κ1) is 13.8. The van der Waals surface area contributed by atoms with Crippen LogP contribution < -0.4 is 10.6 Å². The van der Waals surface area contributed by atoms with Crippen molar-refractivity contribution in [3.63, 3.8) is 0 Å². The lowest BCUT2D eigenvalue weighted by atomic mass is 10.1. The zero-order valence-electron chi connectivity index (χ0n) is 10.1. The molecule has 2 N–H and O–H groups in total. The summed E-state index contributed by atoms with van der Waals surface area (Å²) in [6.45, 7) is 0.541. The van der Waals surface area contributed by atoms with Gasteiger partial charge in [-0.3, -0.25) is 9.59 Å². The summed E-state index contributed by atoms with van der Waals surface area (Å²) < 4.78 is 0. The highest BCUT2D eigenvalue weighted by Crippen LogP contribution is 1.98. The first-order valence-corrected chi connectivity index (χ1v) is 5.73. The standard InChI is InChI=1S/C14H16N2O2/c1-2-9-15-13(17)8-10-16-14(18)11-12-6-4-3-5-7-12/h1,3-7H,8-11H2,(H,15,17)(H,16,18). The number of rotatable bonds is 6. The molecule has 0 spiro atoms. The van der Waals surface area contributed by atoms with Gasteiger partial charge < -0.3 is 10.6 Å². The van der Waals surface area contributed by atoms with E-state index >= 15 is 0 Å². The third-order valence-electron chi connectivity index (χ3n) is 2.27. The zero-order valence-corrected chi connectivity index (χ0v) is 10.1. The Balaban J connectivity index is 2.18. The van der Waals surface area contributed by atoms with Gasteiger partial charge in [-0.2, -0.15) is 0 Å². The van der Waals surface area contributed by atoms with Gasteiger partial charge in [-0.05, 0) is 5.56 Å². The first-order chi connectivity index (χ1) is 8.72. The summed E-state index contributed by atoms with van der Waals surface area (Å²) in [6, 6.07) is 9.45. The second-order valence-corrected chi connectivity index (χ2v) is 3.74. The first-order valence-electron chi connectivity index (χ1n) is 5.73. The van der Waals surface area contributed by atoms with Crippen molar-refractivity contribution in [3.8, 4) is 12.3 Å². The van der Waals surface area contributed by atoms with Crippen molar-refractivity contribution in [1.82, 2.24) is 10.6 Å². The average molecular weight is 244 g/mol. The van der Waals surface area contributed by atoms with Gasteiger partial charge in [-0.25, -0.2) is 0 Å². The Hall–Kier alpha value is -2.28. The van der Waals surface area contributed by atoms with Crippen molar-refractivity contribution in [1.29, 1.82) is 0 Å². The number of carbonyl (C=O) groups is 2. The highest BCUT2D eigenvalue weighted by atomic mass is 16.2. The lowest BCUT2D eigenvalue weighted by molar-refractivity contribution is -0.121. The van der Waals surface area contributed by atoms with Crippen LogP contribution in [0.1, 0.15) is 12.0 Å². The molecule has 0 heterocycles. The molecule has 0 aliphatic heterocycles. The highest BCUT2D eigenvalue weighted by molar-refractivity contribution is 5.80. The van der Waals surface area contributed by atoms with Gasteiger partial charge in [0.25, 0.3) is 0 Å². The molecule has 0 fully saturated rings. The van der Waals surface area contributed by atoms with E-state index in [0.29, 0.717) is 13.0 Å². The predicted octanol–water partition coefficient (Wildman–Crippen LogP) is 0.485. The molecule has 1 rings (SSSR count). The van der Waals surface area contributed by atoms with Crippen LogP contribution in [0.3, 0.4) is 0 Å². The molecule has 4 nitrogen and oxygen atoms in total. The van der Waals surface area contributed by atoms with Gasteiger partial charge in [0.05, 0.1) is 13.0 Å². The molecular formula is C14H16N2O2. The summed E-state index contributed by atoms with van der Waals surface area (Å²) in [4.78, 5) is 22.7. The summed E-state index contributed by atoms with van der Waals surface area (Å²) in [6.07, 6.45) is 5.57. The molecule has 0 aliphatic carbocycles. The summed E-state index contributed by atoms with van der Waals surface area (Å²) in [5, 5.41) is 5.22. The Morgan fingerprint density at radius 1 is 1.11 bits per heavy atom. The molecule has 2 amide bonds. The Kier molecular flexibility index (Phi) is 6.05. The molecule has 0 aliphatic rings. The molecule has 0 saturated carbocycles. The van der Waals surface area contributed by atoms with Crippen LogP contribution in [-0.4, -0.2) is 24.9 Å². The van der Waals surface area contributed by atoms with Crippen LogP contribution in [0.2, 0.25) is 0 Å². The van der Waals surface area contributed by atoms with Crippen molar-refractivity contribution in [3.05, 3.63) is 35.9 Å². The number of terminal acetylenes is 1. The monoisotopic (exact) mass is 244 g/mol. The maximum Gasteiger partial charge on any atom is 0.224 e. The molecule has 0 unspecified atom stereocenters. The molecule has 1 aromatic carbocycles. The van der Waals surface area contributed by atoms with Crippen molar-refractivity contribution >= 4 is 11.8 Å². The normalized spacial score (nSPS) is 9.28. The van der Waals surface area contributed by atoms with Gasteiger partial charge in [-0.1, -0.05) is 36.3 Å². The summed E-state index contributed by atoms with van der Waals surface area (Å²) in [7, 11) is 0. The molecule has 0 saturated heterocycles. The Morgan fingerprint density at radius 3 is 2.50 bits per heavy atom. The van der Waals surface area contributed by atoms with Crippen LogP contribution in [0.15, 0.2) is 30.3 Å². The van der Waals surface area contributed by atoms with Crippen molar-refractivity contribution in [2.24, 2.45) is 0 Å². The maximum absolute atomic E-state index is 11.5. The minimum Gasteiger partial charge on any atom is -0.355 e. The topological polar surface area (TPSA) is 58.2 Å². The molecule has 1 aromatic rings. The van der Waals surface area contributed by atoms with Crippen LogP contribution in [0.4, 0.5) is 0 Å². The zero-order chi connectivity index (χ0) is 13.2. The van der Waals surface area contributed by atoms with Gasteiger partial charge in [0, 0.05) is 13.0 Å². The molecule has 0 bridgehead atoms. The van der Waals surface area contributed by atoms with E-state index in [2.05, 4.69) is 16.6 Å². The fraction of sp³-hybridized carbons (Fsp3) is 0.286. The van der Waals surface area contributed by atoms with E-state index in [9.17, 15) is 9.59 Å². The summed E-state index contributed by atoms with van der Waals surface area (Å²) in [5.74, 6) is 2.06. The molecular weight excluding hydrogens is 228 g/mol. The number of nitrogens with one attached hydrogen (secondary N) is 2. The Bertz CT molecular complexity index is 435. The number of benzene rings is 1. The minimum atomic E-state index is -0.159. The number of carbonyl (C=O) groups excluding carboxylic acids is 2. The van der Waals surface area contributed by atoms with E-state index < -0.39 is 0 Å². The number of amides is 2. The lowest BCUT2D eigenvalue weighted by Crippen LogP contribution is -2.31. The minimum absolute atomic E-state index is 0.0917. The number of hydrogen-bond donors (Lipinski definition) is 2. The van der Waals surface area contributed by atoms with Crippen molar-refractivity contribution in [2.75, 3.05) is 13.1 Å². The average Bonchev–Trinajstić information content (AvgIpc) is 2.37. The van der Waals surface area contributed by atoms with Crippen molar-refractivity contribution in [2.45, 2.75) is 12.8 Å². The van der Waals surface area contributed by atoms with Gasteiger partial charge in [0.15, 0.2) is 0 Å². The van der Waals surface area contributed by atoms with E-state index in [1.165, 1.54) is 0 Å². The van der Waals surface area contributed by atoms with Crippen LogP contribution >= 0.6 is 0 Å². The van der Waals surface area contributed by atoms with E-state index in [-0.39, 0.29) is 24.8 Å². The van der Waals surface area contributed by atoms with Gasteiger partial charge in [0.1, 0.15) is 0 Å². The molecule has 0 radical (unpaired) electrons. The van der Waals surface area contributed by atoms with E-state index in [0.717, 1.165) is 5.56 Å². The maximum atomic E-state index is 11.5. The third-order valence-corrected chi connectivity index (χ3v) is 2.27. The third kappa shape index (κ3) is 5.71. The molecule has 4 heteroatoms. The number of hydrogen-bond acceptors (Lipinski definition) is 2. The van der Waals surface area contributed by atoms with E-state index in [1.54, 1.807) is 0 Å². The van der Waals surface area contributed by atoms with Gasteiger partial charge in [0.2, 0.25) is 11.8 Å². The highest BCUT2D eigenvalue weighted by Gasteiger charge is 2.04. The Morgan fingerprint density at radius 2 is 1.83 bits per heavy atom. The predicted molar refractivity (Wildman–Crippen MR) is 69.6 cm³/mol. The fourth-order valence-electron chi connectivity index (χ4n) is 1.40. The molecule has 0 aromatic heterocycles. The molecule has 94 valence electrons. The summed E-state index contributed by atoms with van der Waals surface area (Å²) >= 11 is 0. The van der Waals surface area contributed by atoms with E-state index in [1.807, 2.05) is 30.3 Å². The van der Waals surface area contributed by atoms with Gasteiger partial charge in [-0.15, -0.1) is 6.42 Å². The van der Waals surface area contributed by atoms with Crippen LogP contribution in [0.5, 0.6) is 0 Å². The molecule has 0 atom stereocenters. The Labute approximate surface area is 107 Å². The second-order valence-electron chi connectivity index (χ2n) is 3.74. The fourth-order valence-corrected chi connectivity index (χ4v) is 1.40. The SMILES string of the molecule is C#CCNC(=O)CCNC(=O)Cc1ccccc1. The van der Waals surface area contributed by atoms with E-state index in [4.69, 9.17) is 6.42 Å².